The fourth-order valence-electron chi connectivity index (χ4n) is 3.87. The first-order valence-corrected chi connectivity index (χ1v) is 9.66. The van der Waals surface area contributed by atoms with Crippen LogP contribution >= 0.6 is 0 Å². The number of carbonyl (C=O) groups is 1. The molecule has 5 rings (SSSR count). The van der Waals surface area contributed by atoms with Gasteiger partial charge in [0, 0.05) is 41.2 Å². The maximum absolute atomic E-state index is 13.3. The lowest BCUT2D eigenvalue weighted by Crippen LogP contribution is -2.32. The van der Waals surface area contributed by atoms with Crippen molar-refractivity contribution in [3.63, 3.8) is 0 Å². The molecule has 7 heteroatoms. The first kappa shape index (κ1) is 17.0. The highest BCUT2D eigenvalue weighted by atomic mass is 16.6. The number of aromatic nitrogens is 1. The molecule has 2 saturated carbocycles. The number of amides is 1. The molecular formula is C21H21N3O4. The monoisotopic (exact) mass is 379 g/mol. The third kappa shape index (κ3) is 2.96. The van der Waals surface area contributed by atoms with Crippen LogP contribution in [0.4, 0.5) is 5.69 Å². The Balaban J connectivity index is 1.43. The molecule has 2 atom stereocenters. The molecule has 28 heavy (non-hydrogen) atoms. The predicted molar refractivity (Wildman–Crippen MR) is 103 cm³/mol. The Labute approximate surface area is 161 Å². The van der Waals surface area contributed by atoms with Gasteiger partial charge in [0.05, 0.1) is 17.0 Å². The molecular weight excluding hydrogens is 358 g/mol. The molecule has 0 radical (unpaired) electrons. The molecule has 2 heterocycles. The van der Waals surface area contributed by atoms with Crippen LogP contribution in [0.25, 0.3) is 10.9 Å². The molecule has 0 aliphatic heterocycles. The SMILES string of the molecule is CC1CC1c1ccc(CN(C(=O)c2c[nH]c3ccc([N+](=O)[O-])cc23)C2CC2)o1. The number of benzene rings is 1. The van der Waals surface area contributed by atoms with Gasteiger partial charge in [-0.1, -0.05) is 6.92 Å². The van der Waals surface area contributed by atoms with Crippen molar-refractivity contribution >= 4 is 22.5 Å². The van der Waals surface area contributed by atoms with E-state index in [-0.39, 0.29) is 17.6 Å². The molecule has 2 unspecified atom stereocenters. The van der Waals surface area contributed by atoms with Crippen LogP contribution in [-0.2, 0) is 6.54 Å². The summed E-state index contributed by atoms with van der Waals surface area (Å²) < 4.78 is 6.00. The highest BCUT2D eigenvalue weighted by Crippen LogP contribution is 2.47. The second-order valence-electron chi connectivity index (χ2n) is 7.98. The number of hydrogen-bond acceptors (Lipinski definition) is 4. The Bertz CT molecular complexity index is 1080. The van der Waals surface area contributed by atoms with E-state index in [0.29, 0.717) is 34.8 Å². The van der Waals surface area contributed by atoms with E-state index in [1.165, 1.54) is 12.1 Å². The minimum Gasteiger partial charge on any atom is -0.464 e. The van der Waals surface area contributed by atoms with Crippen molar-refractivity contribution in [2.75, 3.05) is 0 Å². The highest BCUT2D eigenvalue weighted by Gasteiger charge is 2.38. The van der Waals surface area contributed by atoms with Crippen molar-refractivity contribution in [3.8, 4) is 0 Å². The Hall–Kier alpha value is -3.09. The molecule has 0 saturated heterocycles. The zero-order chi connectivity index (χ0) is 19.4. The average Bonchev–Trinajstić information content (AvgIpc) is 3.56. The Kier molecular flexibility index (Phi) is 3.79. The fourth-order valence-corrected chi connectivity index (χ4v) is 3.87. The Morgan fingerprint density at radius 1 is 1.32 bits per heavy atom. The molecule has 144 valence electrons. The number of nitrogens with zero attached hydrogens (tertiary/aromatic N) is 2. The molecule has 2 aromatic heterocycles. The molecule has 0 spiro atoms. The van der Waals surface area contributed by atoms with Gasteiger partial charge in [-0.2, -0.15) is 0 Å². The number of non-ortho nitro benzene ring substituents is 1. The number of hydrogen-bond donors (Lipinski definition) is 1. The number of nitro benzene ring substituents is 1. The van der Waals surface area contributed by atoms with Crippen molar-refractivity contribution in [1.82, 2.24) is 9.88 Å². The van der Waals surface area contributed by atoms with E-state index in [9.17, 15) is 14.9 Å². The quantitative estimate of drug-likeness (QED) is 0.500. The topological polar surface area (TPSA) is 92.4 Å². The number of H-pyrrole nitrogens is 1. The van der Waals surface area contributed by atoms with Gasteiger partial charge in [-0.25, -0.2) is 0 Å². The van der Waals surface area contributed by atoms with Gasteiger partial charge in [-0.3, -0.25) is 14.9 Å². The number of rotatable bonds is 6. The van der Waals surface area contributed by atoms with Gasteiger partial charge in [-0.05, 0) is 43.4 Å². The van der Waals surface area contributed by atoms with Crippen molar-refractivity contribution in [2.45, 2.75) is 44.7 Å². The molecule has 7 nitrogen and oxygen atoms in total. The lowest BCUT2D eigenvalue weighted by Gasteiger charge is -2.21. The second-order valence-corrected chi connectivity index (χ2v) is 7.98. The summed E-state index contributed by atoms with van der Waals surface area (Å²) >= 11 is 0. The summed E-state index contributed by atoms with van der Waals surface area (Å²) in [5, 5.41) is 11.7. The van der Waals surface area contributed by atoms with Crippen LogP contribution in [-0.4, -0.2) is 26.8 Å². The summed E-state index contributed by atoms with van der Waals surface area (Å²) in [6.45, 7) is 2.63. The third-order valence-corrected chi connectivity index (χ3v) is 5.84. The number of nitrogens with one attached hydrogen (secondary N) is 1. The largest absolute Gasteiger partial charge is 0.464 e. The first-order valence-electron chi connectivity index (χ1n) is 9.66. The molecule has 1 aromatic carbocycles. The molecule has 1 N–H and O–H groups in total. The summed E-state index contributed by atoms with van der Waals surface area (Å²) in [5.41, 5.74) is 1.16. The summed E-state index contributed by atoms with van der Waals surface area (Å²) in [5.74, 6) is 2.86. The van der Waals surface area contributed by atoms with Crippen LogP contribution in [0.5, 0.6) is 0 Å². The molecule has 3 aromatic rings. The number of furan rings is 1. The van der Waals surface area contributed by atoms with E-state index in [0.717, 1.165) is 30.8 Å². The molecule has 2 aliphatic rings. The van der Waals surface area contributed by atoms with Gasteiger partial charge in [0.25, 0.3) is 11.6 Å². The van der Waals surface area contributed by atoms with E-state index < -0.39 is 4.92 Å². The van der Waals surface area contributed by atoms with Crippen molar-refractivity contribution in [1.29, 1.82) is 0 Å². The van der Waals surface area contributed by atoms with Crippen LogP contribution < -0.4 is 0 Å². The highest BCUT2D eigenvalue weighted by molar-refractivity contribution is 6.07. The average molecular weight is 379 g/mol. The summed E-state index contributed by atoms with van der Waals surface area (Å²) in [4.78, 5) is 28.8. The lowest BCUT2D eigenvalue weighted by molar-refractivity contribution is -0.384. The second kappa shape index (κ2) is 6.22. The van der Waals surface area contributed by atoms with E-state index in [4.69, 9.17) is 4.42 Å². The zero-order valence-corrected chi connectivity index (χ0v) is 15.6. The van der Waals surface area contributed by atoms with Gasteiger partial charge < -0.3 is 14.3 Å². The number of aromatic amines is 1. The van der Waals surface area contributed by atoms with E-state index in [1.807, 2.05) is 17.0 Å². The standard InChI is InChI=1S/C21H21N3O4/c1-12-8-16(12)20-7-5-15(28-20)11-23(13-2-3-13)21(25)18-10-22-19-6-4-14(24(26)27)9-17(18)19/h4-7,9-10,12-13,16,22H,2-3,8,11H2,1H3. The number of carbonyl (C=O) groups excluding carboxylic acids is 1. The van der Waals surface area contributed by atoms with E-state index in [2.05, 4.69) is 11.9 Å². The number of fused-ring (bicyclic) bond motifs is 1. The van der Waals surface area contributed by atoms with E-state index in [1.54, 1.807) is 12.3 Å². The van der Waals surface area contributed by atoms with Crippen LogP contribution in [0.15, 0.2) is 40.9 Å². The van der Waals surface area contributed by atoms with Crippen LogP contribution in [0.3, 0.4) is 0 Å². The van der Waals surface area contributed by atoms with Crippen molar-refractivity contribution in [2.24, 2.45) is 5.92 Å². The zero-order valence-electron chi connectivity index (χ0n) is 15.6. The van der Waals surface area contributed by atoms with Gasteiger partial charge in [0.2, 0.25) is 0 Å². The summed E-state index contributed by atoms with van der Waals surface area (Å²) in [7, 11) is 0. The van der Waals surface area contributed by atoms with Crippen molar-refractivity contribution < 1.29 is 14.1 Å². The molecule has 0 bridgehead atoms. The smallest absolute Gasteiger partial charge is 0.270 e. The summed E-state index contributed by atoms with van der Waals surface area (Å²) in [6, 6.07) is 8.72. The minimum absolute atomic E-state index is 0.0200. The predicted octanol–water partition coefficient (Wildman–Crippen LogP) is 4.60. The van der Waals surface area contributed by atoms with Gasteiger partial charge in [0.1, 0.15) is 11.5 Å². The first-order chi connectivity index (χ1) is 13.5. The van der Waals surface area contributed by atoms with Crippen LogP contribution in [0.2, 0.25) is 0 Å². The van der Waals surface area contributed by atoms with Gasteiger partial charge >= 0.3 is 0 Å². The maximum atomic E-state index is 13.3. The lowest BCUT2D eigenvalue weighted by atomic mass is 10.1. The van der Waals surface area contributed by atoms with Crippen molar-refractivity contribution in [3.05, 3.63) is 63.7 Å². The van der Waals surface area contributed by atoms with E-state index >= 15 is 0 Å². The Morgan fingerprint density at radius 3 is 2.79 bits per heavy atom. The number of nitro groups is 1. The van der Waals surface area contributed by atoms with Gasteiger partial charge in [-0.15, -0.1) is 0 Å². The van der Waals surface area contributed by atoms with Crippen LogP contribution in [0.1, 0.15) is 54.0 Å². The van der Waals surface area contributed by atoms with Gasteiger partial charge in [0.15, 0.2) is 0 Å². The molecule has 2 aliphatic carbocycles. The normalized spacial score (nSPS) is 21.0. The molecule has 1 amide bonds. The minimum atomic E-state index is -0.442. The maximum Gasteiger partial charge on any atom is 0.270 e. The summed E-state index contributed by atoms with van der Waals surface area (Å²) in [6.07, 6.45) is 4.75. The Morgan fingerprint density at radius 2 is 2.11 bits per heavy atom. The van der Waals surface area contributed by atoms with Crippen LogP contribution in [0, 0.1) is 16.0 Å². The third-order valence-electron chi connectivity index (χ3n) is 5.84. The fraction of sp³-hybridized carbons (Fsp3) is 0.381. The molecule has 2 fully saturated rings.